The molecule has 0 aliphatic carbocycles. The molecule has 0 unspecified atom stereocenters. The SMILES string of the molecule is COC(=O)c1scc(C)c1S(=O)(=O)NCC=C(C)C. The Balaban J connectivity index is 3.11. The fraction of sp³-hybridized carbons (Fsp3) is 0.417. The Labute approximate surface area is 117 Å². The summed E-state index contributed by atoms with van der Waals surface area (Å²) in [5.41, 5.74) is 1.55. The second kappa shape index (κ2) is 6.31. The van der Waals surface area contributed by atoms with E-state index in [1.165, 1.54) is 7.11 Å². The lowest BCUT2D eigenvalue weighted by molar-refractivity contribution is 0.0602. The number of methoxy groups -OCH3 is 1. The second-order valence-corrected chi connectivity index (χ2v) is 6.79. The topological polar surface area (TPSA) is 72.5 Å². The summed E-state index contributed by atoms with van der Waals surface area (Å²) in [5, 5.41) is 1.63. The number of carbonyl (C=O) groups is 1. The van der Waals surface area contributed by atoms with Crippen molar-refractivity contribution in [1.29, 1.82) is 0 Å². The van der Waals surface area contributed by atoms with Gasteiger partial charge in [0, 0.05) is 6.54 Å². The van der Waals surface area contributed by atoms with Crippen molar-refractivity contribution in [3.05, 3.63) is 27.5 Å². The van der Waals surface area contributed by atoms with Crippen LogP contribution in [0.5, 0.6) is 0 Å². The average molecular weight is 303 g/mol. The molecule has 0 saturated heterocycles. The highest BCUT2D eigenvalue weighted by Crippen LogP contribution is 2.27. The first-order chi connectivity index (χ1) is 8.79. The zero-order valence-electron chi connectivity index (χ0n) is 11.3. The molecule has 0 spiro atoms. The molecule has 19 heavy (non-hydrogen) atoms. The molecule has 5 nitrogen and oxygen atoms in total. The van der Waals surface area contributed by atoms with Crippen LogP contribution in [0.4, 0.5) is 0 Å². The van der Waals surface area contributed by atoms with Gasteiger partial charge in [0.2, 0.25) is 10.0 Å². The number of carbonyl (C=O) groups excluding carboxylic acids is 1. The van der Waals surface area contributed by atoms with Gasteiger partial charge in [-0.2, -0.15) is 0 Å². The van der Waals surface area contributed by atoms with Crippen molar-refractivity contribution < 1.29 is 17.9 Å². The van der Waals surface area contributed by atoms with Crippen molar-refractivity contribution in [2.45, 2.75) is 25.7 Å². The minimum atomic E-state index is -3.71. The minimum absolute atomic E-state index is 0.00602. The van der Waals surface area contributed by atoms with Crippen molar-refractivity contribution >= 4 is 27.3 Å². The summed E-state index contributed by atoms with van der Waals surface area (Å²) < 4.78 is 31.4. The maximum Gasteiger partial charge on any atom is 0.349 e. The molecular formula is C12H17NO4S2. The van der Waals surface area contributed by atoms with E-state index in [4.69, 9.17) is 0 Å². The third-order valence-electron chi connectivity index (χ3n) is 2.34. The van der Waals surface area contributed by atoms with Gasteiger partial charge in [0.05, 0.1) is 7.11 Å². The summed E-state index contributed by atoms with van der Waals surface area (Å²) in [4.78, 5) is 11.7. The number of ether oxygens (including phenoxy) is 1. The number of esters is 1. The van der Waals surface area contributed by atoms with Gasteiger partial charge >= 0.3 is 5.97 Å². The maximum atomic E-state index is 12.2. The van der Waals surface area contributed by atoms with E-state index in [2.05, 4.69) is 9.46 Å². The van der Waals surface area contributed by atoms with Crippen LogP contribution in [-0.4, -0.2) is 28.0 Å². The van der Waals surface area contributed by atoms with E-state index in [1.807, 2.05) is 13.8 Å². The van der Waals surface area contributed by atoms with Gasteiger partial charge in [-0.05, 0) is 31.7 Å². The number of hydrogen-bond acceptors (Lipinski definition) is 5. The van der Waals surface area contributed by atoms with Crippen LogP contribution in [0.15, 0.2) is 21.9 Å². The van der Waals surface area contributed by atoms with Crippen molar-refractivity contribution in [2.75, 3.05) is 13.7 Å². The number of aryl methyl sites for hydroxylation is 1. The predicted octanol–water partition coefficient (Wildman–Crippen LogP) is 2.09. The molecule has 0 amide bonds. The molecule has 0 atom stereocenters. The molecule has 0 fully saturated rings. The van der Waals surface area contributed by atoms with Gasteiger partial charge in [0.15, 0.2) is 0 Å². The summed E-state index contributed by atoms with van der Waals surface area (Å²) in [6.45, 7) is 5.60. The standard InChI is InChI=1S/C12H17NO4S2/c1-8(2)5-6-13-19(15,16)11-9(3)7-18-10(11)12(14)17-4/h5,7,13H,6H2,1-4H3. The van der Waals surface area contributed by atoms with E-state index in [0.29, 0.717) is 5.56 Å². The second-order valence-electron chi connectivity index (χ2n) is 4.20. The fourth-order valence-electron chi connectivity index (χ4n) is 1.43. The third kappa shape index (κ3) is 3.89. The number of allylic oxidation sites excluding steroid dienone is 1. The lowest BCUT2D eigenvalue weighted by Gasteiger charge is -2.07. The van der Waals surface area contributed by atoms with Crippen molar-refractivity contribution in [1.82, 2.24) is 4.72 Å². The van der Waals surface area contributed by atoms with Crippen LogP contribution in [-0.2, 0) is 14.8 Å². The minimum Gasteiger partial charge on any atom is -0.465 e. The van der Waals surface area contributed by atoms with Gasteiger partial charge in [0.1, 0.15) is 9.77 Å². The number of hydrogen-bond donors (Lipinski definition) is 1. The highest BCUT2D eigenvalue weighted by atomic mass is 32.2. The molecule has 7 heteroatoms. The fourth-order valence-corrected chi connectivity index (χ4v) is 4.09. The van der Waals surface area contributed by atoms with E-state index < -0.39 is 16.0 Å². The Bertz CT molecular complexity index is 595. The molecule has 1 rings (SSSR count). The summed E-state index contributed by atoms with van der Waals surface area (Å²) in [7, 11) is -2.49. The summed E-state index contributed by atoms with van der Waals surface area (Å²) in [6, 6.07) is 0. The summed E-state index contributed by atoms with van der Waals surface area (Å²) in [5.74, 6) is -0.638. The smallest absolute Gasteiger partial charge is 0.349 e. The first-order valence-corrected chi connectivity index (χ1v) is 7.95. The van der Waals surface area contributed by atoms with Gasteiger partial charge in [-0.15, -0.1) is 11.3 Å². The van der Waals surface area contributed by atoms with Gasteiger partial charge in [0.25, 0.3) is 0 Å². The van der Waals surface area contributed by atoms with Gasteiger partial charge in [-0.3, -0.25) is 0 Å². The van der Waals surface area contributed by atoms with Gasteiger partial charge in [-0.1, -0.05) is 11.6 Å². The third-order valence-corrected chi connectivity index (χ3v) is 5.16. The number of nitrogens with one attached hydrogen (secondary N) is 1. The zero-order valence-corrected chi connectivity index (χ0v) is 12.9. The first-order valence-electron chi connectivity index (χ1n) is 5.59. The maximum absolute atomic E-state index is 12.2. The lowest BCUT2D eigenvalue weighted by atomic mass is 10.3. The molecular weight excluding hydrogens is 286 g/mol. The monoisotopic (exact) mass is 303 g/mol. The van der Waals surface area contributed by atoms with Crippen molar-refractivity contribution in [3.63, 3.8) is 0 Å². The molecule has 1 aromatic heterocycles. The molecule has 106 valence electrons. The normalized spacial score (nSPS) is 11.2. The van der Waals surface area contributed by atoms with Crippen LogP contribution in [0.1, 0.15) is 29.1 Å². The molecule has 1 aromatic rings. The number of sulfonamides is 1. The molecule has 1 N–H and O–H groups in total. The first kappa shape index (κ1) is 15.9. The molecule has 0 aliphatic heterocycles. The Hall–Kier alpha value is -1.18. The largest absolute Gasteiger partial charge is 0.465 e. The van der Waals surface area contributed by atoms with Crippen molar-refractivity contribution in [3.8, 4) is 0 Å². The van der Waals surface area contributed by atoms with E-state index in [0.717, 1.165) is 16.9 Å². The molecule has 0 saturated carbocycles. The Morgan fingerprint density at radius 3 is 2.63 bits per heavy atom. The molecule has 0 bridgehead atoms. The van der Waals surface area contributed by atoms with Crippen molar-refractivity contribution in [2.24, 2.45) is 0 Å². The average Bonchev–Trinajstić information content (AvgIpc) is 2.70. The highest BCUT2D eigenvalue weighted by Gasteiger charge is 2.26. The summed E-state index contributed by atoms with van der Waals surface area (Å²) in [6.07, 6.45) is 1.76. The van der Waals surface area contributed by atoms with Crippen LogP contribution < -0.4 is 4.72 Å². The van der Waals surface area contributed by atoms with Crippen LogP contribution in [0.2, 0.25) is 0 Å². The molecule has 0 aromatic carbocycles. The lowest BCUT2D eigenvalue weighted by Crippen LogP contribution is -2.25. The molecule has 0 radical (unpaired) electrons. The van der Waals surface area contributed by atoms with E-state index in [9.17, 15) is 13.2 Å². The number of thiophene rings is 1. The van der Waals surface area contributed by atoms with Gasteiger partial charge < -0.3 is 4.74 Å². The summed E-state index contributed by atoms with van der Waals surface area (Å²) >= 11 is 1.07. The Morgan fingerprint density at radius 1 is 1.47 bits per heavy atom. The number of rotatable bonds is 5. The van der Waals surface area contributed by atoms with Crippen LogP contribution in [0, 0.1) is 6.92 Å². The van der Waals surface area contributed by atoms with Crippen LogP contribution in [0.3, 0.4) is 0 Å². The molecule has 1 heterocycles. The zero-order chi connectivity index (χ0) is 14.6. The van der Waals surface area contributed by atoms with Gasteiger partial charge in [-0.25, -0.2) is 17.9 Å². The highest BCUT2D eigenvalue weighted by molar-refractivity contribution is 7.89. The van der Waals surface area contributed by atoms with E-state index >= 15 is 0 Å². The Morgan fingerprint density at radius 2 is 2.11 bits per heavy atom. The quantitative estimate of drug-likeness (QED) is 0.668. The predicted molar refractivity (Wildman–Crippen MR) is 75.0 cm³/mol. The van der Waals surface area contributed by atoms with E-state index in [-0.39, 0.29) is 16.3 Å². The van der Waals surface area contributed by atoms with E-state index in [1.54, 1.807) is 18.4 Å². The Kier molecular flexibility index (Phi) is 5.28. The van der Waals surface area contributed by atoms with Crippen LogP contribution >= 0.6 is 11.3 Å². The van der Waals surface area contributed by atoms with Crippen LogP contribution in [0.25, 0.3) is 0 Å². The molecule has 0 aliphatic rings.